The Morgan fingerprint density at radius 2 is 2.00 bits per heavy atom. The molecule has 0 atom stereocenters. The zero-order valence-electron chi connectivity index (χ0n) is 14.0. The number of benzene rings is 1. The van der Waals surface area contributed by atoms with Gasteiger partial charge in [-0.3, -0.25) is 14.2 Å². The van der Waals surface area contributed by atoms with Gasteiger partial charge in [-0.05, 0) is 43.0 Å². The van der Waals surface area contributed by atoms with Crippen molar-refractivity contribution in [1.29, 1.82) is 0 Å². The van der Waals surface area contributed by atoms with Crippen LogP contribution in [0.3, 0.4) is 0 Å². The van der Waals surface area contributed by atoms with Crippen molar-refractivity contribution in [2.24, 2.45) is 5.92 Å². The fourth-order valence-corrected chi connectivity index (χ4v) is 2.81. The monoisotopic (exact) mass is 317 g/mol. The van der Waals surface area contributed by atoms with E-state index < -0.39 is 5.97 Å². The zero-order valence-corrected chi connectivity index (χ0v) is 14.0. The Balaban J connectivity index is 2.57. The number of hydrogen-bond acceptors (Lipinski definition) is 3. The Labute approximate surface area is 135 Å². The Kier molecular flexibility index (Phi) is 5.08. The smallest absolute Gasteiger partial charge is 0.307 e. The van der Waals surface area contributed by atoms with E-state index in [9.17, 15) is 14.7 Å². The number of aromatic nitrogens is 1. The lowest BCUT2D eigenvalue weighted by molar-refractivity contribution is -0.136. The van der Waals surface area contributed by atoms with Gasteiger partial charge in [-0.1, -0.05) is 13.8 Å². The number of carboxylic acid groups (broad SMARTS) is 1. The quantitative estimate of drug-likeness (QED) is 0.882. The molecule has 1 heterocycles. The molecule has 0 saturated heterocycles. The SMILES string of the molecule is COc1ccc2c(c1)c(CC(=O)O)c(C)n2C(=O)CCC(C)C. The van der Waals surface area contributed by atoms with E-state index in [2.05, 4.69) is 13.8 Å². The number of fused-ring (bicyclic) bond motifs is 1. The molecule has 0 radical (unpaired) electrons. The molecule has 124 valence electrons. The van der Waals surface area contributed by atoms with Crippen LogP contribution in [0.15, 0.2) is 18.2 Å². The van der Waals surface area contributed by atoms with Crippen molar-refractivity contribution in [2.45, 2.75) is 40.0 Å². The molecular formula is C18H23NO4. The minimum absolute atomic E-state index is 0.00278. The molecule has 2 aromatic rings. The summed E-state index contributed by atoms with van der Waals surface area (Å²) in [6.07, 6.45) is 1.14. The van der Waals surface area contributed by atoms with Crippen molar-refractivity contribution in [1.82, 2.24) is 4.57 Å². The molecule has 0 unspecified atom stereocenters. The van der Waals surface area contributed by atoms with Crippen molar-refractivity contribution in [3.8, 4) is 5.75 Å². The maximum absolute atomic E-state index is 12.6. The second kappa shape index (κ2) is 6.86. The summed E-state index contributed by atoms with van der Waals surface area (Å²) in [6, 6.07) is 5.41. The molecule has 0 bridgehead atoms. The molecular weight excluding hydrogens is 294 g/mol. The van der Waals surface area contributed by atoms with Crippen LogP contribution in [-0.2, 0) is 11.2 Å². The highest BCUT2D eigenvalue weighted by Gasteiger charge is 2.20. The predicted octanol–water partition coefficient (Wildman–Crippen LogP) is 3.66. The average molecular weight is 317 g/mol. The van der Waals surface area contributed by atoms with E-state index in [1.54, 1.807) is 30.7 Å². The first-order valence-corrected chi connectivity index (χ1v) is 7.78. The molecule has 0 spiro atoms. The van der Waals surface area contributed by atoms with Crippen LogP contribution in [-0.4, -0.2) is 28.7 Å². The van der Waals surface area contributed by atoms with Gasteiger partial charge in [-0.15, -0.1) is 0 Å². The average Bonchev–Trinajstić information content (AvgIpc) is 2.76. The standard InChI is InChI=1S/C18H23NO4/c1-11(2)5-8-17(20)19-12(3)14(10-18(21)22)15-9-13(23-4)6-7-16(15)19/h6-7,9,11H,5,8,10H2,1-4H3,(H,21,22). The highest BCUT2D eigenvalue weighted by atomic mass is 16.5. The number of ether oxygens (including phenoxy) is 1. The van der Waals surface area contributed by atoms with E-state index in [-0.39, 0.29) is 12.3 Å². The fourth-order valence-electron chi connectivity index (χ4n) is 2.81. The van der Waals surface area contributed by atoms with Gasteiger partial charge in [0.1, 0.15) is 5.75 Å². The van der Waals surface area contributed by atoms with Gasteiger partial charge in [0.2, 0.25) is 5.91 Å². The normalized spacial score (nSPS) is 11.2. The molecule has 0 fully saturated rings. The van der Waals surface area contributed by atoms with Gasteiger partial charge in [0.05, 0.1) is 19.0 Å². The minimum Gasteiger partial charge on any atom is -0.497 e. The number of methoxy groups -OCH3 is 1. The summed E-state index contributed by atoms with van der Waals surface area (Å²) in [7, 11) is 1.57. The van der Waals surface area contributed by atoms with Gasteiger partial charge >= 0.3 is 5.97 Å². The first-order chi connectivity index (χ1) is 10.8. The molecule has 0 saturated carbocycles. The third-order valence-corrected chi connectivity index (χ3v) is 4.05. The lowest BCUT2D eigenvalue weighted by Gasteiger charge is -2.09. The highest BCUT2D eigenvalue weighted by molar-refractivity contribution is 5.98. The maximum atomic E-state index is 12.6. The zero-order chi connectivity index (χ0) is 17.1. The van der Waals surface area contributed by atoms with Gasteiger partial charge in [-0.2, -0.15) is 0 Å². The number of carbonyl (C=O) groups excluding carboxylic acids is 1. The molecule has 5 heteroatoms. The van der Waals surface area contributed by atoms with Gasteiger partial charge in [0.25, 0.3) is 0 Å². The summed E-state index contributed by atoms with van der Waals surface area (Å²) in [5, 5.41) is 9.94. The van der Waals surface area contributed by atoms with Crippen molar-refractivity contribution < 1.29 is 19.4 Å². The van der Waals surface area contributed by atoms with Crippen LogP contribution in [0.4, 0.5) is 0 Å². The summed E-state index contributed by atoms with van der Waals surface area (Å²) in [4.78, 5) is 23.8. The molecule has 0 aliphatic carbocycles. The number of carboxylic acids is 1. The summed E-state index contributed by atoms with van der Waals surface area (Å²) >= 11 is 0. The van der Waals surface area contributed by atoms with Crippen LogP contribution in [0.1, 0.15) is 42.7 Å². The Bertz CT molecular complexity index is 743. The molecule has 5 nitrogen and oxygen atoms in total. The number of rotatable bonds is 6. The van der Waals surface area contributed by atoms with Gasteiger partial charge in [-0.25, -0.2) is 0 Å². The maximum Gasteiger partial charge on any atom is 0.307 e. The fraction of sp³-hybridized carbons (Fsp3) is 0.444. The van der Waals surface area contributed by atoms with Crippen molar-refractivity contribution in [3.05, 3.63) is 29.5 Å². The molecule has 1 aromatic carbocycles. The Hall–Kier alpha value is -2.30. The van der Waals surface area contributed by atoms with E-state index >= 15 is 0 Å². The van der Waals surface area contributed by atoms with Crippen LogP contribution in [0.5, 0.6) is 5.75 Å². The third kappa shape index (κ3) is 3.55. The summed E-state index contributed by atoms with van der Waals surface area (Å²) in [6.45, 7) is 5.96. The molecule has 1 N–H and O–H groups in total. The van der Waals surface area contributed by atoms with Gasteiger partial charge in [0, 0.05) is 17.5 Å². The van der Waals surface area contributed by atoms with Crippen molar-refractivity contribution >= 4 is 22.8 Å². The van der Waals surface area contributed by atoms with Crippen LogP contribution in [0.2, 0.25) is 0 Å². The number of hydrogen-bond donors (Lipinski definition) is 1. The first kappa shape index (κ1) is 17.1. The molecule has 2 rings (SSSR count). The van der Waals surface area contributed by atoms with Crippen LogP contribution >= 0.6 is 0 Å². The lowest BCUT2D eigenvalue weighted by atomic mass is 10.1. The van der Waals surface area contributed by atoms with Crippen LogP contribution in [0, 0.1) is 12.8 Å². The van der Waals surface area contributed by atoms with E-state index in [0.717, 1.165) is 17.3 Å². The second-order valence-electron chi connectivity index (χ2n) is 6.18. The second-order valence-corrected chi connectivity index (χ2v) is 6.18. The minimum atomic E-state index is -0.912. The van der Waals surface area contributed by atoms with Crippen molar-refractivity contribution in [2.75, 3.05) is 7.11 Å². The van der Waals surface area contributed by atoms with E-state index in [1.807, 2.05) is 6.07 Å². The van der Waals surface area contributed by atoms with E-state index in [0.29, 0.717) is 29.3 Å². The molecule has 0 aliphatic heterocycles. The molecule has 0 amide bonds. The predicted molar refractivity (Wildman–Crippen MR) is 89.3 cm³/mol. The number of carbonyl (C=O) groups is 2. The number of nitrogens with zero attached hydrogens (tertiary/aromatic N) is 1. The Morgan fingerprint density at radius 1 is 1.30 bits per heavy atom. The van der Waals surface area contributed by atoms with Crippen molar-refractivity contribution in [3.63, 3.8) is 0 Å². The Morgan fingerprint density at radius 3 is 2.57 bits per heavy atom. The largest absolute Gasteiger partial charge is 0.497 e. The van der Waals surface area contributed by atoms with Crippen LogP contribution < -0.4 is 4.74 Å². The van der Waals surface area contributed by atoms with Gasteiger partial charge in [0.15, 0.2) is 0 Å². The number of aliphatic carboxylic acids is 1. The topological polar surface area (TPSA) is 68.5 Å². The molecule has 1 aromatic heterocycles. The molecule has 0 aliphatic rings. The summed E-state index contributed by atoms with van der Waals surface area (Å²) < 4.78 is 6.88. The highest BCUT2D eigenvalue weighted by Crippen LogP contribution is 2.30. The van der Waals surface area contributed by atoms with E-state index in [1.165, 1.54) is 0 Å². The van der Waals surface area contributed by atoms with Gasteiger partial charge < -0.3 is 9.84 Å². The molecule has 23 heavy (non-hydrogen) atoms. The van der Waals surface area contributed by atoms with E-state index in [4.69, 9.17) is 4.74 Å². The lowest BCUT2D eigenvalue weighted by Crippen LogP contribution is -2.13. The third-order valence-electron chi connectivity index (χ3n) is 4.05. The summed E-state index contributed by atoms with van der Waals surface area (Å²) in [5.74, 6) is 0.184. The summed E-state index contributed by atoms with van der Waals surface area (Å²) in [5.41, 5.74) is 2.11. The first-order valence-electron chi connectivity index (χ1n) is 7.78. The van der Waals surface area contributed by atoms with Crippen LogP contribution in [0.25, 0.3) is 10.9 Å².